The Morgan fingerprint density at radius 2 is 1.41 bits per heavy atom. The van der Waals surface area contributed by atoms with E-state index in [1.54, 1.807) is 0 Å². The van der Waals surface area contributed by atoms with E-state index in [9.17, 15) is 4.39 Å². The summed E-state index contributed by atoms with van der Waals surface area (Å²) in [5.41, 5.74) is 0. The second-order valence-electron chi connectivity index (χ2n) is 10.4. The molecule has 3 heteroatoms. The van der Waals surface area contributed by atoms with Gasteiger partial charge in [0.1, 0.15) is 12.3 Å². The summed E-state index contributed by atoms with van der Waals surface area (Å²) in [7, 11) is 0. The third kappa shape index (κ3) is 6.20. The first kappa shape index (κ1) is 23.1. The first-order valence-electron chi connectivity index (χ1n) is 12.6. The van der Waals surface area contributed by atoms with Crippen LogP contribution in [-0.4, -0.2) is 18.4 Å². The van der Waals surface area contributed by atoms with Crippen molar-refractivity contribution in [3.63, 3.8) is 0 Å². The molecule has 1 nitrogen and oxygen atoms in total. The van der Waals surface area contributed by atoms with E-state index in [-0.39, 0.29) is 5.92 Å². The molecule has 0 aromatic heterocycles. The van der Waals surface area contributed by atoms with Gasteiger partial charge in [-0.1, -0.05) is 33.1 Å². The number of hydrogen-bond acceptors (Lipinski definition) is 1. The summed E-state index contributed by atoms with van der Waals surface area (Å²) in [6.45, 7) is 6.42. The summed E-state index contributed by atoms with van der Waals surface area (Å²) in [5.74, 6) is 3.69. The molecule has 3 aliphatic carbocycles. The molecular weight excluding hydrogens is 366 g/mol. The summed E-state index contributed by atoms with van der Waals surface area (Å²) in [4.78, 5) is 0. The van der Waals surface area contributed by atoms with E-state index in [4.69, 9.17) is 4.74 Å². The van der Waals surface area contributed by atoms with Crippen LogP contribution >= 0.6 is 0 Å². The molecule has 0 radical (unpaired) electrons. The smallest absolute Gasteiger partial charge is 0.168 e. The highest BCUT2D eigenvalue weighted by molar-refractivity contribution is 4.97. The average Bonchev–Trinajstić information content (AvgIpc) is 2.73. The topological polar surface area (TPSA) is 9.23 Å². The van der Waals surface area contributed by atoms with Crippen LogP contribution in [0.3, 0.4) is 0 Å². The first-order chi connectivity index (χ1) is 14.0. The van der Waals surface area contributed by atoms with Crippen molar-refractivity contribution in [2.75, 3.05) is 0 Å². The van der Waals surface area contributed by atoms with Crippen LogP contribution in [0.2, 0.25) is 0 Å². The van der Waals surface area contributed by atoms with E-state index in [2.05, 4.69) is 13.8 Å². The van der Waals surface area contributed by atoms with E-state index in [1.807, 2.05) is 13.0 Å². The minimum Gasteiger partial charge on any atom is -0.492 e. The lowest BCUT2D eigenvalue weighted by Gasteiger charge is -2.43. The van der Waals surface area contributed by atoms with Crippen LogP contribution in [0.15, 0.2) is 11.8 Å². The Labute approximate surface area is 178 Å². The average molecular weight is 411 g/mol. The number of ether oxygens (including phenoxy) is 1. The van der Waals surface area contributed by atoms with Crippen LogP contribution in [0.5, 0.6) is 0 Å². The Hall–Kier alpha value is -0.600. The van der Waals surface area contributed by atoms with Crippen molar-refractivity contribution in [2.45, 2.75) is 123 Å². The van der Waals surface area contributed by atoms with Gasteiger partial charge in [0.15, 0.2) is 6.17 Å². The summed E-state index contributed by atoms with van der Waals surface area (Å²) in [5, 5.41) is 0. The van der Waals surface area contributed by atoms with E-state index in [0.29, 0.717) is 12.3 Å². The van der Waals surface area contributed by atoms with Gasteiger partial charge in [0.25, 0.3) is 0 Å². The Kier molecular flexibility index (Phi) is 8.86. The van der Waals surface area contributed by atoms with Crippen molar-refractivity contribution in [1.82, 2.24) is 0 Å². The van der Waals surface area contributed by atoms with Gasteiger partial charge in [0, 0.05) is 0 Å². The molecule has 0 saturated heterocycles. The van der Waals surface area contributed by atoms with Gasteiger partial charge < -0.3 is 4.74 Å². The molecule has 3 aliphatic rings. The largest absolute Gasteiger partial charge is 0.492 e. The fourth-order valence-electron chi connectivity index (χ4n) is 6.33. The van der Waals surface area contributed by atoms with Crippen molar-refractivity contribution in [3.8, 4) is 0 Å². The normalized spacial score (nSPS) is 41.9. The maximum Gasteiger partial charge on any atom is 0.168 e. The molecule has 4 atom stereocenters. The van der Waals surface area contributed by atoms with Crippen LogP contribution in [0, 0.1) is 29.6 Å². The molecule has 3 rings (SSSR count). The Balaban J connectivity index is 1.45. The molecule has 0 aliphatic heterocycles. The van der Waals surface area contributed by atoms with E-state index in [1.165, 1.54) is 38.5 Å². The zero-order valence-corrected chi connectivity index (χ0v) is 19.1. The van der Waals surface area contributed by atoms with Gasteiger partial charge in [-0.3, -0.25) is 0 Å². The number of allylic oxidation sites excluding steroid dienone is 2. The van der Waals surface area contributed by atoms with Crippen molar-refractivity contribution >= 4 is 0 Å². The summed E-state index contributed by atoms with van der Waals surface area (Å²) in [6.07, 6.45) is 13.5. The lowest BCUT2D eigenvalue weighted by molar-refractivity contribution is -0.0680. The van der Waals surface area contributed by atoms with Gasteiger partial charge >= 0.3 is 0 Å². The third-order valence-corrected chi connectivity index (χ3v) is 8.33. The first-order valence-corrected chi connectivity index (χ1v) is 12.6. The highest BCUT2D eigenvalue weighted by Crippen LogP contribution is 2.46. The van der Waals surface area contributed by atoms with Gasteiger partial charge in [-0.2, -0.15) is 0 Å². The molecular formula is C26H44F2O. The lowest BCUT2D eigenvalue weighted by atomic mass is 9.65. The highest BCUT2D eigenvalue weighted by atomic mass is 19.2. The summed E-state index contributed by atoms with van der Waals surface area (Å²) < 4.78 is 35.7. The SMILES string of the molecule is CCCC/C=C(\C)OC1CCC(C2CCC(C3CCC(C)CC3)CC2)C(F)C1F. The monoisotopic (exact) mass is 410 g/mol. The molecule has 0 spiro atoms. The van der Waals surface area contributed by atoms with Gasteiger partial charge in [-0.25, -0.2) is 8.78 Å². The Morgan fingerprint density at radius 1 is 0.828 bits per heavy atom. The fourth-order valence-corrected chi connectivity index (χ4v) is 6.33. The number of hydrogen-bond donors (Lipinski definition) is 0. The Morgan fingerprint density at radius 3 is 2.03 bits per heavy atom. The maximum absolute atomic E-state index is 15.1. The molecule has 0 heterocycles. The van der Waals surface area contributed by atoms with Crippen LogP contribution in [0.4, 0.5) is 8.78 Å². The minimum atomic E-state index is -1.47. The van der Waals surface area contributed by atoms with Gasteiger partial charge in [0.05, 0.1) is 5.76 Å². The highest BCUT2D eigenvalue weighted by Gasteiger charge is 2.45. The van der Waals surface area contributed by atoms with Gasteiger partial charge in [-0.05, 0) is 107 Å². The second kappa shape index (κ2) is 11.1. The summed E-state index contributed by atoms with van der Waals surface area (Å²) in [6, 6.07) is 0. The number of rotatable bonds is 7. The molecule has 0 bridgehead atoms. The predicted octanol–water partition coefficient (Wildman–Crippen LogP) is 8.18. The standard InChI is InChI=1S/C26H44F2O/c1-4-5-6-7-19(3)29-24-17-16-23(25(27)26(24)28)22-14-12-21(13-15-22)20-10-8-18(2)9-11-20/h7,18,20-26H,4-6,8-17H2,1-3H3/b19-7+. The fraction of sp³-hybridized carbons (Fsp3) is 0.923. The zero-order valence-electron chi connectivity index (χ0n) is 19.1. The molecule has 3 fully saturated rings. The van der Waals surface area contributed by atoms with E-state index < -0.39 is 18.4 Å². The zero-order chi connectivity index (χ0) is 20.8. The van der Waals surface area contributed by atoms with Crippen molar-refractivity contribution in [1.29, 1.82) is 0 Å². The lowest BCUT2D eigenvalue weighted by Crippen LogP contribution is -2.45. The molecule has 0 aromatic rings. The molecule has 29 heavy (non-hydrogen) atoms. The minimum absolute atomic E-state index is 0.0958. The van der Waals surface area contributed by atoms with E-state index >= 15 is 4.39 Å². The van der Waals surface area contributed by atoms with Crippen LogP contribution in [0.1, 0.15) is 104 Å². The third-order valence-electron chi connectivity index (χ3n) is 8.33. The van der Waals surface area contributed by atoms with Crippen molar-refractivity contribution in [2.24, 2.45) is 29.6 Å². The molecule has 4 unspecified atom stereocenters. The molecule has 0 N–H and O–H groups in total. The maximum atomic E-state index is 15.1. The van der Waals surface area contributed by atoms with E-state index in [0.717, 1.165) is 62.0 Å². The quantitative estimate of drug-likeness (QED) is 0.304. The van der Waals surface area contributed by atoms with Crippen LogP contribution in [0.25, 0.3) is 0 Å². The summed E-state index contributed by atoms with van der Waals surface area (Å²) >= 11 is 0. The number of halogens is 2. The molecule has 0 amide bonds. The van der Waals surface area contributed by atoms with Crippen molar-refractivity contribution < 1.29 is 13.5 Å². The second-order valence-corrected chi connectivity index (χ2v) is 10.4. The van der Waals surface area contributed by atoms with Crippen LogP contribution in [-0.2, 0) is 4.74 Å². The molecule has 3 saturated carbocycles. The molecule has 168 valence electrons. The van der Waals surface area contributed by atoms with Gasteiger partial charge in [-0.15, -0.1) is 0 Å². The van der Waals surface area contributed by atoms with Crippen LogP contribution < -0.4 is 0 Å². The van der Waals surface area contributed by atoms with Crippen molar-refractivity contribution in [3.05, 3.63) is 11.8 Å². The molecule has 0 aromatic carbocycles. The predicted molar refractivity (Wildman–Crippen MR) is 117 cm³/mol. The number of unbranched alkanes of at least 4 members (excludes halogenated alkanes) is 2. The number of alkyl halides is 2. The van der Waals surface area contributed by atoms with Gasteiger partial charge in [0.2, 0.25) is 0 Å². The Bertz CT molecular complexity index is 503.